The first-order valence-corrected chi connectivity index (χ1v) is 8.54. The van der Waals surface area contributed by atoms with Crippen LogP contribution in [0.3, 0.4) is 0 Å². The zero-order valence-corrected chi connectivity index (χ0v) is 13.6. The highest BCUT2D eigenvalue weighted by molar-refractivity contribution is 5.92. The van der Waals surface area contributed by atoms with Crippen LogP contribution in [0.5, 0.6) is 5.75 Å². The molecule has 0 radical (unpaired) electrons. The Bertz CT molecular complexity index is 833. The van der Waals surface area contributed by atoms with Crippen LogP contribution in [0.2, 0.25) is 0 Å². The topological polar surface area (TPSA) is 9.23 Å². The number of benzene rings is 3. The average Bonchev–Trinajstić information content (AvgIpc) is 2.63. The Hall–Kier alpha value is -2.28. The lowest BCUT2D eigenvalue weighted by Crippen LogP contribution is -2.09. The first-order valence-electron chi connectivity index (χ1n) is 8.54. The third-order valence-electron chi connectivity index (χ3n) is 4.96. The van der Waals surface area contributed by atoms with Crippen molar-refractivity contribution >= 4 is 10.8 Å². The molecule has 1 aliphatic carbocycles. The summed E-state index contributed by atoms with van der Waals surface area (Å²) in [6, 6.07) is 19.2. The molecule has 0 unspecified atom stereocenters. The third-order valence-corrected chi connectivity index (χ3v) is 4.96. The van der Waals surface area contributed by atoms with E-state index in [0.29, 0.717) is 6.61 Å². The van der Waals surface area contributed by atoms with Gasteiger partial charge in [-0.3, -0.25) is 0 Å². The van der Waals surface area contributed by atoms with Crippen LogP contribution in [-0.4, -0.2) is 0 Å². The van der Waals surface area contributed by atoms with Gasteiger partial charge in [-0.2, -0.15) is 0 Å². The Kier molecular flexibility index (Phi) is 3.78. The Morgan fingerprint density at radius 2 is 1.43 bits per heavy atom. The molecule has 116 valence electrons. The largest absolute Gasteiger partial charge is 0.488 e. The lowest BCUT2D eigenvalue weighted by molar-refractivity contribution is 0.300. The molecule has 0 aliphatic heterocycles. The third kappa shape index (κ3) is 2.61. The lowest BCUT2D eigenvalue weighted by Gasteiger charge is -2.24. The van der Waals surface area contributed by atoms with Gasteiger partial charge < -0.3 is 4.74 Å². The van der Waals surface area contributed by atoms with Gasteiger partial charge in [-0.05, 0) is 65.6 Å². The molecular weight excluding hydrogens is 280 g/mol. The Balaban J connectivity index is 1.80. The van der Waals surface area contributed by atoms with E-state index in [0.717, 1.165) is 12.2 Å². The maximum atomic E-state index is 6.33. The van der Waals surface area contributed by atoms with E-state index in [4.69, 9.17) is 4.74 Å². The number of hydrogen-bond donors (Lipinski definition) is 0. The van der Waals surface area contributed by atoms with Gasteiger partial charge in [0.1, 0.15) is 12.4 Å². The lowest BCUT2D eigenvalue weighted by atomic mass is 9.85. The number of hydrogen-bond acceptors (Lipinski definition) is 1. The Morgan fingerprint density at radius 1 is 0.783 bits per heavy atom. The van der Waals surface area contributed by atoms with Gasteiger partial charge in [0.05, 0.1) is 0 Å². The molecule has 1 nitrogen and oxygen atoms in total. The second kappa shape index (κ2) is 6.08. The highest BCUT2D eigenvalue weighted by atomic mass is 16.5. The van der Waals surface area contributed by atoms with Gasteiger partial charge in [-0.1, -0.05) is 54.6 Å². The number of fused-ring (bicyclic) bond motifs is 3. The van der Waals surface area contributed by atoms with E-state index in [1.54, 1.807) is 0 Å². The van der Waals surface area contributed by atoms with Crippen LogP contribution >= 0.6 is 0 Å². The molecule has 3 aromatic rings. The highest BCUT2D eigenvalue weighted by Crippen LogP contribution is 2.39. The molecule has 0 saturated carbocycles. The second-order valence-electron chi connectivity index (χ2n) is 6.44. The summed E-state index contributed by atoms with van der Waals surface area (Å²) in [6.07, 6.45) is 4.88. The number of rotatable bonds is 3. The van der Waals surface area contributed by atoms with Gasteiger partial charge in [0, 0.05) is 0 Å². The van der Waals surface area contributed by atoms with Gasteiger partial charge in [0.25, 0.3) is 0 Å². The second-order valence-corrected chi connectivity index (χ2v) is 6.44. The summed E-state index contributed by atoms with van der Waals surface area (Å²) in [7, 11) is 0. The van der Waals surface area contributed by atoms with Crippen LogP contribution < -0.4 is 4.74 Å². The molecular formula is C22H22O. The number of aryl methyl sites for hydroxylation is 2. The standard InChI is InChI=1S/C22H22O/c1-16-18-11-5-6-12-19(18)20-13-7-8-14-21(20)22(16)23-15-17-9-3-2-4-10-17/h2-6,9-12H,7-8,13-15H2,1H3. The molecule has 4 rings (SSSR count). The molecule has 0 fully saturated rings. The SMILES string of the molecule is Cc1c(OCc2ccccc2)c2c(c3ccccc13)CCCC2. The molecule has 0 N–H and O–H groups in total. The summed E-state index contributed by atoms with van der Waals surface area (Å²) in [5, 5.41) is 2.77. The van der Waals surface area contributed by atoms with Crippen LogP contribution in [-0.2, 0) is 19.4 Å². The molecule has 0 aromatic heterocycles. The first kappa shape index (κ1) is 14.3. The van der Waals surface area contributed by atoms with Crippen LogP contribution in [0.4, 0.5) is 0 Å². The van der Waals surface area contributed by atoms with Crippen molar-refractivity contribution in [3.8, 4) is 5.75 Å². The summed E-state index contributed by atoms with van der Waals surface area (Å²) in [6.45, 7) is 2.85. The first-order chi connectivity index (χ1) is 11.3. The van der Waals surface area contributed by atoms with Crippen molar-refractivity contribution in [1.82, 2.24) is 0 Å². The molecule has 0 spiro atoms. The predicted molar refractivity (Wildman–Crippen MR) is 96.1 cm³/mol. The molecule has 1 aliphatic rings. The van der Waals surface area contributed by atoms with E-state index in [9.17, 15) is 0 Å². The predicted octanol–water partition coefficient (Wildman–Crippen LogP) is 5.61. The normalized spacial score (nSPS) is 13.8. The number of ether oxygens (including phenoxy) is 1. The van der Waals surface area contributed by atoms with Crippen molar-refractivity contribution in [3.63, 3.8) is 0 Å². The van der Waals surface area contributed by atoms with Crippen molar-refractivity contribution < 1.29 is 4.74 Å². The Morgan fingerprint density at radius 3 is 2.22 bits per heavy atom. The van der Waals surface area contributed by atoms with Gasteiger partial charge in [-0.25, -0.2) is 0 Å². The van der Waals surface area contributed by atoms with Crippen LogP contribution in [0.15, 0.2) is 54.6 Å². The molecule has 3 aromatic carbocycles. The van der Waals surface area contributed by atoms with Gasteiger partial charge in [0.15, 0.2) is 0 Å². The van der Waals surface area contributed by atoms with E-state index >= 15 is 0 Å². The minimum Gasteiger partial charge on any atom is -0.488 e. The van der Waals surface area contributed by atoms with Crippen molar-refractivity contribution in [2.24, 2.45) is 0 Å². The monoisotopic (exact) mass is 302 g/mol. The van der Waals surface area contributed by atoms with E-state index in [1.807, 2.05) is 6.07 Å². The van der Waals surface area contributed by atoms with Gasteiger partial charge >= 0.3 is 0 Å². The fraction of sp³-hybridized carbons (Fsp3) is 0.273. The molecule has 0 bridgehead atoms. The summed E-state index contributed by atoms with van der Waals surface area (Å²) >= 11 is 0. The van der Waals surface area contributed by atoms with Crippen molar-refractivity contribution in [2.75, 3.05) is 0 Å². The van der Waals surface area contributed by atoms with E-state index in [2.05, 4.69) is 55.5 Å². The highest BCUT2D eigenvalue weighted by Gasteiger charge is 2.20. The van der Waals surface area contributed by atoms with Gasteiger partial charge in [-0.15, -0.1) is 0 Å². The maximum Gasteiger partial charge on any atom is 0.126 e. The maximum absolute atomic E-state index is 6.33. The van der Waals surface area contributed by atoms with Crippen molar-refractivity contribution in [2.45, 2.75) is 39.2 Å². The minimum atomic E-state index is 0.645. The van der Waals surface area contributed by atoms with Crippen LogP contribution in [0, 0.1) is 6.92 Å². The summed E-state index contributed by atoms with van der Waals surface area (Å²) < 4.78 is 6.33. The fourth-order valence-corrected chi connectivity index (χ4v) is 3.80. The van der Waals surface area contributed by atoms with Crippen molar-refractivity contribution in [3.05, 3.63) is 76.9 Å². The molecule has 0 atom stereocenters. The molecule has 0 heterocycles. The Labute approximate surface area is 137 Å². The summed E-state index contributed by atoms with van der Waals surface area (Å²) in [5.74, 6) is 1.13. The van der Waals surface area contributed by atoms with Crippen molar-refractivity contribution in [1.29, 1.82) is 0 Å². The zero-order chi connectivity index (χ0) is 15.6. The molecule has 23 heavy (non-hydrogen) atoms. The molecule has 1 heteroatoms. The quantitative estimate of drug-likeness (QED) is 0.611. The average molecular weight is 302 g/mol. The summed E-state index contributed by atoms with van der Waals surface area (Å²) in [4.78, 5) is 0. The van der Waals surface area contributed by atoms with Crippen LogP contribution in [0.25, 0.3) is 10.8 Å². The van der Waals surface area contributed by atoms with E-state index < -0.39 is 0 Å². The zero-order valence-electron chi connectivity index (χ0n) is 13.6. The van der Waals surface area contributed by atoms with Gasteiger partial charge in [0.2, 0.25) is 0 Å². The minimum absolute atomic E-state index is 0.645. The fourth-order valence-electron chi connectivity index (χ4n) is 3.80. The smallest absolute Gasteiger partial charge is 0.126 e. The van der Waals surface area contributed by atoms with E-state index in [1.165, 1.54) is 52.3 Å². The molecule has 0 amide bonds. The van der Waals surface area contributed by atoms with E-state index in [-0.39, 0.29) is 0 Å². The summed E-state index contributed by atoms with van der Waals surface area (Å²) in [5.41, 5.74) is 5.48. The van der Waals surface area contributed by atoms with Crippen LogP contribution in [0.1, 0.15) is 35.1 Å². The molecule has 0 saturated heterocycles.